The molecule has 0 saturated carbocycles. The number of hydrogen-bond acceptors (Lipinski definition) is 5. The molecule has 9 nitrogen and oxygen atoms in total. The van der Waals surface area contributed by atoms with Crippen molar-refractivity contribution in [1.82, 2.24) is 10.2 Å². The first-order valence-corrected chi connectivity index (χ1v) is 9.14. The predicted molar refractivity (Wildman–Crippen MR) is 99.3 cm³/mol. The Kier molecular flexibility index (Phi) is 7.51. The first-order chi connectivity index (χ1) is 13.3. The highest BCUT2D eigenvalue weighted by molar-refractivity contribution is 5.92. The average molecular weight is 391 g/mol. The Morgan fingerprint density at radius 2 is 1.86 bits per heavy atom. The zero-order valence-corrected chi connectivity index (χ0v) is 15.4. The summed E-state index contributed by atoms with van der Waals surface area (Å²) in [6.45, 7) is 0.308. The van der Waals surface area contributed by atoms with E-state index >= 15 is 0 Å². The van der Waals surface area contributed by atoms with Crippen LogP contribution in [-0.2, 0) is 25.6 Å². The molecule has 0 aromatic heterocycles. The molecule has 1 aromatic carbocycles. The summed E-state index contributed by atoms with van der Waals surface area (Å²) in [5.74, 6) is -3.26. The molecule has 0 spiro atoms. The number of nitrogens with one attached hydrogen (secondary N) is 1. The van der Waals surface area contributed by atoms with Crippen LogP contribution in [0.15, 0.2) is 30.3 Å². The van der Waals surface area contributed by atoms with Crippen LogP contribution in [0.1, 0.15) is 31.2 Å². The molecule has 1 aliphatic rings. The molecule has 3 atom stereocenters. The van der Waals surface area contributed by atoms with E-state index in [1.807, 2.05) is 6.07 Å². The lowest BCUT2D eigenvalue weighted by Crippen LogP contribution is -2.55. The summed E-state index contributed by atoms with van der Waals surface area (Å²) in [5, 5.41) is 20.7. The van der Waals surface area contributed by atoms with Gasteiger partial charge in [0.1, 0.15) is 12.1 Å². The molecule has 1 aliphatic heterocycles. The van der Waals surface area contributed by atoms with Crippen molar-refractivity contribution in [2.75, 3.05) is 6.54 Å². The van der Waals surface area contributed by atoms with E-state index in [2.05, 4.69) is 5.32 Å². The molecule has 1 fully saturated rings. The van der Waals surface area contributed by atoms with Crippen LogP contribution in [0.2, 0.25) is 0 Å². The summed E-state index contributed by atoms with van der Waals surface area (Å²) in [7, 11) is 0. The number of benzene rings is 1. The van der Waals surface area contributed by atoms with Gasteiger partial charge in [0.05, 0.1) is 6.04 Å². The third kappa shape index (κ3) is 5.78. The number of likely N-dealkylation sites (tertiary alicyclic amines) is 1. The van der Waals surface area contributed by atoms with Crippen LogP contribution in [0.25, 0.3) is 0 Å². The third-order valence-electron chi connectivity index (χ3n) is 4.72. The van der Waals surface area contributed by atoms with E-state index in [0.29, 0.717) is 19.4 Å². The van der Waals surface area contributed by atoms with Gasteiger partial charge in [0.15, 0.2) is 0 Å². The van der Waals surface area contributed by atoms with Crippen LogP contribution < -0.4 is 11.1 Å². The maximum atomic E-state index is 13.0. The SMILES string of the molecule is N[C@@H](CCC(=O)O)C(=O)N[C@@H](Cc1ccccc1)C(=O)N1CCC[C@@H]1C(=O)O. The van der Waals surface area contributed by atoms with Crippen LogP contribution in [0, 0.1) is 0 Å². The van der Waals surface area contributed by atoms with Crippen molar-refractivity contribution in [3.63, 3.8) is 0 Å². The molecule has 0 radical (unpaired) electrons. The summed E-state index contributed by atoms with van der Waals surface area (Å²) in [5.41, 5.74) is 6.54. The van der Waals surface area contributed by atoms with E-state index in [1.54, 1.807) is 24.3 Å². The third-order valence-corrected chi connectivity index (χ3v) is 4.72. The normalized spacial score (nSPS) is 18.3. The molecular weight excluding hydrogens is 366 g/mol. The van der Waals surface area contributed by atoms with E-state index in [1.165, 1.54) is 4.90 Å². The van der Waals surface area contributed by atoms with Gasteiger partial charge >= 0.3 is 11.9 Å². The van der Waals surface area contributed by atoms with Gasteiger partial charge in [-0.3, -0.25) is 14.4 Å². The molecule has 2 rings (SSSR count). The molecule has 1 aromatic rings. The van der Waals surface area contributed by atoms with Crippen LogP contribution in [0.3, 0.4) is 0 Å². The van der Waals surface area contributed by atoms with E-state index in [9.17, 15) is 24.3 Å². The topological polar surface area (TPSA) is 150 Å². The summed E-state index contributed by atoms with van der Waals surface area (Å²) in [6.07, 6.45) is 0.798. The van der Waals surface area contributed by atoms with Gasteiger partial charge in [-0.25, -0.2) is 4.79 Å². The molecule has 9 heteroatoms. The number of aliphatic carboxylic acids is 2. The number of amides is 2. The zero-order valence-electron chi connectivity index (χ0n) is 15.4. The Morgan fingerprint density at radius 1 is 1.18 bits per heavy atom. The minimum absolute atomic E-state index is 0.0606. The van der Waals surface area contributed by atoms with Crippen molar-refractivity contribution < 1.29 is 29.4 Å². The van der Waals surface area contributed by atoms with E-state index in [4.69, 9.17) is 10.8 Å². The highest BCUT2D eigenvalue weighted by atomic mass is 16.4. The quantitative estimate of drug-likeness (QED) is 0.462. The second kappa shape index (κ2) is 9.84. The summed E-state index contributed by atoms with van der Waals surface area (Å²) in [6, 6.07) is 6.05. The Morgan fingerprint density at radius 3 is 2.46 bits per heavy atom. The fourth-order valence-corrected chi connectivity index (χ4v) is 3.23. The predicted octanol–water partition coefficient (Wildman–Crippen LogP) is -0.0184. The molecule has 1 heterocycles. The van der Waals surface area contributed by atoms with Gasteiger partial charge in [-0.15, -0.1) is 0 Å². The molecule has 1 saturated heterocycles. The van der Waals surface area contributed by atoms with E-state index < -0.39 is 41.9 Å². The lowest BCUT2D eigenvalue weighted by atomic mass is 10.0. The number of rotatable bonds is 9. The first-order valence-electron chi connectivity index (χ1n) is 9.14. The van der Waals surface area contributed by atoms with Gasteiger partial charge in [0, 0.05) is 19.4 Å². The molecular formula is C19H25N3O6. The highest BCUT2D eigenvalue weighted by Crippen LogP contribution is 2.19. The number of carboxylic acids is 2. The average Bonchev–Trinajstić information content (AvgIpc) is 3.15. The van der Waals surface area contributed by atoms with Gasteiger partial charge in [0.2, 0.25) is 11.8 Å². The van der Waals surface area contributed by atoms with Crippen LogP contribution >= 0.6 is 0 Å². The van der Waals surface area contributed by atoms with Crippen molar-refractivity contribution in [1.29, 1.82) is 0 Å². The fraction of sp³-hybridized carbons (Fsp3) is 0.474. The minimum atomic E-state index is -1.08. The molecule has 152 valence electrons. The number of nitrogens with zero attached hydrogens (tertiary/aromatic N) is 1. The first kappa shape index (κ1) is 21.4. The van der Waals surface area contributed by atoms with Crippen molar-refractivity contribution in [3.8, 4) is 0 Å². The number of carbonyl (C=O) groups excluding carboxylic acids is 2. The van der Waals surface area contributed by atoms with Crippen molar-refractivity contribution in [3.05, 3.63) is 35.9 Å². The van der Waals surface area contributed by atoms with Crippen LogP contribution in [0.4, 0.5) is 0 Å². The molecule has 28 heavy (non-hydrogen) atoms. The Hall–Kier alpha value is -2.94. The molecule has 5 N–H and O–H groups in total. The second-order valence-electron chi connectivity index (χ2n) is 6.82. The standard InChI is InChI=1S/C19H25N3O6/c20-13(8-9-16(23)24)17(25)21-14(11-12-5-2-1-3-6-12)18(26)22-10-4-7-15(22)19(27)28/h1-3,5-6,13-15H,4,7-11,20H2,(H,21,25)(H,23,24)(H,27,28)/t13-,14-,15+/m0/s1. The summed E-state index contributed by atoms with van der Waals surface area (Å²) < 4.78 is 0. The maximum Gasteiger partial charge on any atom is 0.326 e. The largest absolute Gasteiger partial charge is 0.481 e. The summed E-state index contributed by atoms with van der Waals surface area (Å²) >= 11 is 0. The zero-order chi connectivity index (χ0) is 20.7. The van der Waals surface area contributed by atoms with Crippen molar-refractivity contribution >= 4 is 23.8 Å². The fourth-order valence-electron chi connectivity index (χ4n) is 3.23. The minimum Gasteiger partial charge on any atom is -0.481 e. The summed E-state index contributed by atoms with van der Waals surface area (Å²) in [4.78, 5) is 48.7. The van der Waals surface area contributed by atoms with Crippen molar-refractivity contribution in [2.45, 2.75) is 50.2 Å². The maximum absolute atomic E-state index is 13.0. The lowest BCUT2D eigenvalue weighted by molar-refractivity contribution is -0.149. The Bertz CT molecular complexity index is 724. The van der Waals surface area contributed by atoms with Gasteiger partial charge in [-0.1, -0.05) is 30.3 Å². The van der Waals surface area contributed by atoms with Gasteiger partial charge < -0.3 is 26.2 Å². The highest BCUT2D eigenvalue weighted by Gasteiger charge is 2.38. The van der Waals surface area contributed by atoms with E-state index in [0.717, 1.165) is 5.56 Å². The monoisotopic (exact) mass is 391 g/mol. The van der Waals surface area contributed by atoms with E-state index in [-0.39, 0.29) is 19.3 Å². The van der Waals surface area contributed by atoms with Crippen LogP contribution in [-0.4, -0.2) is 63.5 Å². The number of carboxylic acid groups (broad SMARTS) is 2. The van der Waals surface area contributed by atoms with Gasteiger partial charge in [-0.2, -0.15) is 0 Å². The number of hydrogen-bond donors (Lipinski definition) is 4. The molecule has 2 amide bonds. The second-order valence-corrected chi connectivity index (χ2v) is 6.82. The molecule has 0 bridgehead atoms. The van der Waals surface area contributed by atoms with Gasteiger partial charge in [-0.05, 0) is 24.8 Å². The smallest absolute Gasteiger partial charge is 0.326 e. The van der Waals surface area contributed by atoms with Gasteiger partial charge in [0.25, 0.3) is 0 Å². The molecule has 0 aliphatic carbocycles. The lowest BCUT2D eigenvalue weighted by Gasteiger charge is -2.28. The van der Waals surface area contributed by atoms with Crippen LogP contribution in [0.5, 0.6) is 0 Å². The Balaban J connectivity index is 2.14. The van der Waals surface area contributed by atoms with Crippen molar-refractivity contribution in [2.24, 2.45) is 5.73 Å². The Labute approximate surface area is 162 Å². The number of carbonyl (C=O) groups is 4. The molecule has 0 unspecified atom stereocenters. The number of nitrogens with two attached hydrogens (primary N) is 1.